The quantitative estimate of drug-likeness (QED) is 0.113. The number of benzene rings is 2. The van der Waals surface area contributed by atoms with E-state index in [4.69, 9.17) is 19.3 Å². The number of nitrogens with zero attached hydrogens (tertiary/aromatic N) is 2. The molecule has 0 radical (unpaired) electrons. The van der Waals surface area contributed by atoms with Crippen LogP contribution in [0.1, 0.15) is 20.7 Å². The highest BCUT2D eigenvalue weighted by atomic mass is 16.6. The molecule has 0 saturated carbocycles. The van der Waals surface area contributed by atoms with Crippen LogP contribution >= 0.6 is 0 Å². The summed E-state index contributed by atoms with van der Waals surface area (Å²) in [5, 5.41) is 41.5. The zero-order valence-corrected chi connectivity index (χ0v) is 18.5. The lowest BCUT2D eigenvalue weighted by Crippen LogP contribution is -2.51. The second kappa shape index (κ2) is 13.3. The van der Waals surface area contributed by atoms with Crippen LogP contribution in [-0.4, -0.2) is 83.5 Å². The van der Waals surface area contributed by atoms with Gasteiger partial charge in [0.15, 0.2) is 0 Å². The minimum Gasteiger partial charge on any atom is -0.394 e. The molecule has 0 aromatic heterocycles. The highest BCUT2D eigenvalue weighted by molar-refractivity contribution is 6.22. The summed E-state index contributed by atoms with van der Waals surface area (Å²) < 4.78 is 15.6. The summed E-state index contributed by atoms with van der Waals surface area (Å²) in [6, 6.07) is 8.62. The van der Waals surface area contributed by atoms with E-state index in [1.165, 1.54) is 0 Å². The zero-order chi connectivity index (χ0) is 25.8. The first-order valence-electron chi connectivity index (χ1n) is 10.4. The van der Waals surface area contributed by atoms with E-state index < -0.39 is 33.6 Å². The van der Waals surface area contributed by atoms with Gasteiger partial charge in [0.05, 0.1) is 56.1 Å². The molecule has 2 aromatic carbocycles. The van der Waals surface area contributed by atoms with Crippen molar-refractivity contribution in [1.82, 2.24) is 0 Å². The second-order valence-corrected chi connectivity index (χ2v) is 7.13. The number of ether oxygens (including phenoxy) is 3. The maximum absolute atomic E-state index is 13.1. The third kappa shape index (κ3) is 7.70. The van der Waals surface area contributed by atoms with Crippen LogP contribution in [-0.2, 0) is 14.2 Å². The van der Waals surface area contributed by atoms with Gasteiger partial charge in [0.2, 0.25) is 17.2 Å². The normalized spacial score (nSPS) is 11.3. The number of carbonyl (C=O) groups excluding carboxylic acids is 2. The van der Waals surface area contributed by atoms with Crippen LogP contribution in [0, 0.1) is 20.2 Å². The van der Waals surface area contributed by atoms with Gasteiger partial charge in [0, 0.05) is 35.4 Å². The summed E-state index contributed by atoms with van der Waals surface area (Å²) in [5.74, 6) is -2.12. The van der Waals surface area contributed by atoms with Crippen molar-refractivity contribution in [3.63, 3.8) is 0 Å². The minimum absolute atomic E-state index is 0.0516. The molecule has 2 N–H and O–H groups in total. The monoisotopic (exact) mass is 492 g/mol. The molecule has 0 heterocycles. The topological polar surface area (TPSA) is 189 Å². The summed E-state index contributed by atoms with van der Waals surface area (Å²) >= 11 is 0. The molecule has 0 bridgehead atoms. The van der Waals surface area contributed by atoms with E-state index in [1.54, 1.807) is 0 Å². The largest absolute Gasteiger partial charge is 0.394 e. The van der Waals surface area contributed by atoms with Gasteiger partial charge in [-0.05, 0) is 24.3 Å². The third-order valence-electron chi connectivity index (χ3n) is 4.72. The molecule has 13 nitrogen and oxygen atoms in total. The number of aliphatic hydroxyl groups excluding tert-OH is 1. The molecule has 0 unspecified atom stereocenters. The summed E-state index contributed by atoms with van der Waals surface area (Å²) in [6.45, 7) is -0.309. The maximum atomic E-state index is 13.1. The van der Waals surface area contributed by atoms with Crippen molar-refractivity contribution in [2.75, 3.05) is 46.2 Å². The number of ketones is 2. The van der Waals surface area contributed by atoms with Gasteiger partial charge < -0.3 is 24.4 Å². The Morgan fingerprint density at radius 2 is 1.09 bits per heavy atom. The molecule has 0 spiro atoms. The van der Waals surface area contributed by atoms with E-state index >= 15 is 0 Å². The number of carbonyl (C=O) groups is 2. The molecule has 0 aliphatic heterocycles. The number of non-ortho nitro benzene ring substituents is 2. The lowest BCUT2D eigenvalue weighted by Gasteiger charge is -2.25. The Bertz CT molecular complexity index is 953. The van der Waals surface area contributed by atoms with Crippen LogP contribution in [0.3, 0.4) is 0 Å². The number of aliphatic hydroxyl groups is 2. The van der Waals surface area contributed by atoms with Gasteiger partial charge in [0.25, 0.3) is 11.4 Å². The number of nitro groups is 2. The summed E-state index contributed by atoms with van der Waals surface area (Å²) in [5.41, 5.74) is -3.63. The van der Waals surface area contributed by atoms with Crippen molar-refractivity contribution in [3.8, 4) is 0 Å². The van der Waals surface area contributed by atoms with Crippen LogP contribution in [0.4, 0.5) is 11.4 Å². The molecule has 0 aliphatic carbocycles. The Morgan fingerprint density at radius 1 is 0.714 bits per heavy atom. The summed E-state index contributed by atoms with van der Waals surface area (Å²) in [7, 11) is 0. The number of nitro benzene ring substituents is 2. The molecule has 0 amide bonds. The Morgan fingerprint density at radius 3 is 1.46 bits per heavy atom. The van der Waals surface area contributed by atoms with Crippen LogP contribution in [0.15, 0.2) is 48.5 Å². The molecule has 35 heavy (non-hydrogen) atoms. The highest BCUT2D eigenvalue weighted by Crippen LogP contribution is 2.23. The Kier molecular flexibility index (Phi) is 10.5. The van der Waals surface area contributed by atoms with Gasteiger partial charge in [-0.2, -0.15) is 0 Å². The highest BCUT2D eigenvalue weighted by Gasteiger charge is 2.45. The van der Waals surface area contributed by atoms with E-state index in [9.17, 15) is 34.9 Å². The first-order valence-corrected chi connectivity index (χ1v) is 10.4. The standard InChI is InChI=1S/C22H24N2O11/c25-9-10-33-11-12-34-13-14-35-15-22(28,20(26)16-1-5-18(6-2-16)23(29)30)21(27)17-3-7-19(8-4-17)24(31)32/h1-8,25,28H,9-15H2. The molecule has 13 heteroatoms. The Balaban J connectivity index is 2.16. The van der Waals surface area contributed by atoms with Crippen LogP contribution in [0.2, 0.25) is 0 Å². The predicted octanol–water partition coefficient (Wildman–Crippen LogP) is 1.34. The maximum Gasteiger partial charge on any atom is 0.269 e. The lowest BCUT2D eigenvalue weighted by atomic mass is 9.86. The number of Topliss-reactive ketones (excluding diaryl/α,β-unsaturated/α-hetero) is 2. The zero-order valence-electron chi connectivity index (χ0n) is 18.5. The van der Waals surface area contributed by atoms with E-state index in [-0.39, 0.29) is 62.1 Å². The molecule has 2 rings (SSSR count). The van der Waals surface area contributed by atoms with Gasteiger partial charge in [-0.1, -0.05) is 0 Å². The first kappa shape index (κ1) is 27.6. The van der Waals surface area contributed by atoms with E-state index in [1.807, 2.05) is 0 Å². The second-order valence-electron chi connectivity index (χ2n) is 7.13. The lowest BCUT2D eigenvalue weighted by molar-refractivity contribution is -0.385. The van der Waals surface area contributed by atoms with Gasteiger partial charge in [-0.3, -0.25) is 29.8 Å². The predicted molar refractivity (Wildman–Crippen MR) is 119 cm³/mol. The molecule has 0 atom stereocenters. The van der Waals surface area contributed by atoms with Gasteiger partial charge in [-0.15, -0.1) is 0 Å². The number of hydrogen-bond donors (Lipinski definition) is 2. The first-order chi connectivity index (χ1) is 16.7. The summed E-state index contributed by atoms with van der Waals surface area (Å²) in [6.07, 6.45) is 0. The van der Waals surface area contributed by atoms with E-state index in [0.717, 1.165) is 48.5 Å². The molecule has 0 fully saturated rings. The smallest absolute Gasteiger partial charge is 0.269 e. The molecule has 2 aromatic rings. The van der Waals surface area contributed by atoms with Gasteiger partial charge in [0.1, 0.15) is 0 Å². The molecule has 188 valence electrons. The van der Waals surface area contributed by atoms with E-state index in [0.29, 0.717) is 0 Å². The third-order valence-corrected chi connectivity index (χ3v) is 4.72. The van der Waals surface area contributed by atoms with Crippen molar-refractivity contribution < 1.29 is 43.9 Å². The van der Waals surface area contributed by atoms with Crippen molar-refractivity contribution in [2.45, 2.75) is 5.60 Å². The van der Waals surface area contributed by atoms with Crippen molar-refractivity contribution in [2.24, 2.45) is 0 Å². The fraction of sp³-hybridized carbons (Fsp3) is 0.364. The Labute approximate surface area is 199 Å². The van der Waals surface area contributed by atoms with Crippen molar-refractivity contribution in [3.05, 3.63) is 79.9 Å². The van der Waals surface area contributed by atoms with Crippen molar-refractivity contribution in [1.29, 1.82) is 0 Å². The van der Waals surface area contributed by atoms with Gasteiger partial charge in [-0.25, -0.2) is 0 Å². The Hall–Kier alpha value is -3.62. The molecular weight excluding hydrogens is 468 g/mol. The molecular formula is C22H24N2O11. The van der Waals surface area contributed by atoms with Crippen LogP contribution in [0.25, 0.3) is 0 Å². The number of rotatable bonds is 16. The minimum atomic E-state index is -2.71. The fourth-order valence-corrected chi connectivity index (χ4v) is 2.91. The summed E-state index contributed by atoms with van der Waals surface area (Å²) in [4.78, 5) is 46.6. The number of hydrogen-bond acceptors (Lipinski definition) is 11. The van der Waals surface area contributed by atoms with E-state index in [2.05, 4.69) is 0 Å². The molecule has 0 aliphatic rings. The average molecular weight is 492 g/mol. The van der Waals surface area contributed by atoms with Crippen LogP contribution < -0.4 is 0 Å². The average Bonchev–Trinajstić information content (AvgIpc) is 2.86. The van der Waals surface area contributed by atoms with Gasteiger partial charge >= 0.3 is 0 Å². The fourth-order valence-electron chi connectivity index (χ4n) is 2.91. The molecule has 0 saturated heterocycles. The SMILES string of the molecule is O=C(c1ccc([N+](=O)[O-])cc1)C(O)(COCCOCCOCCO)C(=O)c1ccc([N+](=O)[O-])cc1. The van der Waals surface area contributed by atoms with Crippen molar-refractivity contribution >= 4 is 22.9 Å². The van der Waals surface area contributed by atoms with Crippen LogP contribution in [0.5, 0.6) is 0 Å².